The number of hydrogen-bond acceptors (Lipinski definition) is 6. The highest BCUT2D eigenvalue weighted by atomic mass is 16.4. The summed E-state index contributed by atoms with van der Waals surface area (Å²) < 4.78 is 0. The molecule has 2 aromatic rings. The summed E-state index contributed by atoms with van der Waals surface area (Å²) >= 11 is 0. The highest BCUT2D eigenvalue weighted by Gasteiger charge is 2.31. The van der Waals surface area contributed by atoms with E-state index >= 15 is 0 Å². The minimum absolute atomic E-state index is 0.00570. The van der Waals surface area contributed by atoms with Crippen molar-refractivity contribution >= 4 is 23.7 Å². The minimum Gasteiger partial charge on any atom is -0.480 e. The molecule has 3 atom stereocenters. The second-order valence-electron chi connectivity index (χ2n) is 7.92. The van der Waals surface area contributed by atoms with Gasteiger partial charge >= 0.3 is 5.97 Å². The van der Waals surface area contributed by atoms with Gasteiger partial charge in [-0.3, -0.25) is 14.4 Å². The molecule has 11 heteroatoms. The lowest BCUT2D eigenvalue weighted by atomic mass is 10.0. The lowest BCUT2D eigenvalue weighted by Crippen LogP contribution is -2.58. The van der Waals surface area contributed by atoms with Gasteiger partial charge in [0.05, 0.1) is 12.9 Å². The number of amides is 3. The van der Waals surface area contributed by atoms with E-state index in [1.807, 2.05) is 6.07 Å². The molecule has 0 bridgehead atoms. The van der Waals surface area contributed by atoms with Crippen molar-refractivity contribution in [3.8, 4) is 0 Å². The molecule has 178 valence electrons. The van der Waals surface area contributed by atoms with Crippen LogP contribution in [0, 0.1) is 5.92 Å². The van der Waals surface area contributed by atoms with Crippen LogP contribution >= 0.6 is 0 Å². The average molecular weight is 459 g/mol. The lowest BCUT2D eigenvalue weighted by Gasteiger charge is -2.26. The van der Waals surface area contributed by atoms with Crippen molar-refractivity contribution in [1.29, 1.82) is 0 Å². The first-order valence-corrected chi connectivity index (χ1v) is 10.6. The van der Waals surface area contributed by atoms with E-state index in [0.717, 1.165) is 5.56 Å². The van der Waals surface area contributed by atoms with Gasteiger partial charge in [-0.1, -0.05) is 44.2 Å². The topological polar surface area (TPSA) is 179 Å². The Labute approximate surface area is 191 Å². The zero-order valence-corrected chi connectivity index (χ0v) is 18.6. The molecule has 0 saturated heterocycles. The number of nitrogens with two attached hydrogens (primary N) is 1. The predicted molar refractivity (Wildman–Crippen MR) is 120 cm³/mol. The fraction of sp³-hybridized carbons (Fsp3) is 0.409. The number of H-pyrrole nitrogens is 1. The first-order valence-electron chi connectivity index (χ1n) is 10.6. The minimum atomic E-state index is -1.23. The number of rotatable bonds is 12. The van der Waals surface area contributed by atoms with E-state index in [9.17, 15) is 24.3 Å². The standard InChI is InChI=1S/C22H30N6O5/c1-13(2)19(28-18(29)10-23)21(31)26-16(8-14-6-4-3-5-7-14)20(30)27-17(22(32)33)9-15-11-24-12-25-15/h3-7,11-13,16-17,19H,8-10,23H2,1-2H3,(H,24,25)(H,26,31)(H,27,30)(H,28,29)(H,32,33). The molecule has 3 amide bonds. The van der Waals surface area contributed by atoms with Crippen LogP contribution in [0.5, 0.6) is 0 Å². The summed E-state index contributed by atoms with van der Waals surface area (Å²) in [6.07, 6.45) is 3.01. The Kier molecular flexibility index (Phi) is 9.55. The summed E-state index contributed by atoms with van der Waals surface area (Å²) in [7, 11) is 0. The number of hydrogen-bond donors (Lipinski definition) is 6. The highest BCUT2D eigenvalue weighted by Crippen LogP contribution is 2.08. The first kappa shape index (κ1) is 25.5. The number of nitrogens with zero attached hydrogens (tertiary/aromatic N) is 1. The first-order chi connectivity index (χ1) is 15.7. The summed E-state index contributed by atoms with van der Waals surface area (Å²) in [5, 5.41) is 17.3. The molecule has 0 radical (unpaired) electrons. The summed E-state index contributed by atoms with van der Waals surface area (Å²) in [6.45, 7) is 3.22. The number of carbonyl (C=O) groups excluding carboxylic acids is 3. The second kappa shape index (κ2) is 12.3. The van der Waals surface area contributed by atoms with Gasteiger partial charge in [-0.05, 0) is 11.5 Å². The Morgan fingerprint density at radius 3 is 2.21 bits per heavy atom. The van der Waals surface area contributed by atoms with E-state index < -0.39 is 41.8 Å². The number of aromatic amines is 1. The fourth-order valence-corrected chi connectivity index (χ4v) is 3.18. The molecule has 0 spiro atoms. The van der Waals surface area contributed by atoms with E-state index in [1.54, 1.807) is 38.1 Å². The normalized spacial score (nSPS) is 13.6. The van der Waals surface area contributed by atoms with Crippen LogP contribution in [0.3, 0.4) is 0 Å². The number of aromatic nitrogens is 2. The molecule has 1 aromatic heterocycles. The highest BCUT2D eigenvalue weighted by molar-refractivity contribution is 5.93. The predicted octanol–water partition coefficient (Wildman–Crippen LogP) is -0.651. The molecule has 0 fully saturated rings. The van der Waals surface area contributed by atoms with Gasteiger partial charge in [0.25, 0.3) is 0 Å². The van der Waals surface area contributed by atoms with Gasteiger partial charge < -0.3 is 31.8 Å². The summed E-state index contributed by atoms with van der Waals surface area (Å²) in [5.41, 5.74) is 6.65. The Balaban J connectivity index is 2.20. The van der Waals surface area contributed by atoms with Crippen LogP contribution in [-0.4, -0.2) is 63.4 Å². The smallest absolute Gasteiger partial charge is 0.326 e. The third-order valence-electron chi connectivity index (χ3n) is 4.96. The number of benzene rings is 1. The summed E-state index contributed by atoms with van der Waals surface area (Å²) in [4.78, 5) is 56.1. The maximum atomic E-state index is 13.1. The van der Waals surface area contributed by atoms with Crippen molar-refractivity contribution < 1.29 is 24.3 Å². The van der Waals surface area contributed by atoms with Crippen LogP contribution < -0.4 is 21.7 Å². The van der Waals surface area contributed by atoms with Crippen LogP contribution in [0.2, 0.25) is 0 Å². The molecule has 0 aliphatic rings. The Morgan fingerprint density at radius 2 is 1.67 bits per heavy atom. The largest absolute Gasteiger partial charge is 0.480 e. The third-order valence-corrected chi connectivity index (χ3v) is 4.96. The van der Waals surface area contributed by atoms with Crippen molar-refractivity contribution in [3.63, 3.8) is 0 Å². The van der Waals surface area contributed by atoms with Gasteiger partial charge in [0.1, 0.15) is 18.1 Å². The van der Waals surface area contributed by atoms with Crippen molar-refractivity contribution in [2.45, 2.75) is 44.8 Å². The molecule has 1 heterocycles. The van der Waals surface area contributed by atoms with Crippen molar-refractivity contribution in [1.82, 2.24) is 25.9 Å². The number of aliphatic carboxylic acids is 1. The molecule has 3 unspecified atom stereocenters. The van der Waals surface area contributed by atoms with Crippen LogP contribution in [0.1, 0.15) is 25.1 Å². The fourth-order valence-electron chi connectivity index (χ4n) is 3.18. The van der Waals surface area contributed by atoms with Gasteiger partial charge in [-0.25, -0.2) is 9.78 Å². The number of nitrogens with one attached hydrogen (secondary N) is 4. The van der Waals surface area contributed by atoms with Crippen molar-refractivity contribution in [3.05, 3.63) is 54.1 Å². The number of carboxylic acids is 1. The third kappa shape index (κ3) is 8.04. The van der Waals surface area contributed by atoms with Crippen LogP contribution in [0.15, 0.2) is 42.9 Å². The molecule has 33 heavy (non-hydrogen) atoms. The van der Waals surface area contributed by atoms with Crippen molar-refractivity contribution in [2.24, 2.45) is 11.7 Å². The second-order valence-corrected chi connectivity index (χ2v) is 7.92. The Morgan fingerprint density at radius 1 is 1.00 bits per heavy atom. The Hall–Kier alpha value is -3.73. The van der Waals surface area contributed by atoms with Crippen LogP contribution in [-0.2, 0) is 32.0 Å². The number of carboxylic acid groups (broad SMARTS) is 1. The van der Waals surface area contributed by atoms with E-state index in [2.05, 4.69) is 25.9 Å². The molecular formula is C22H30N6O5. The van der Waals surface area contributed by atoms with Crippen molar-refractivity contribution in [2.75, 3.05) is 6.54 Å². The molecule has 7 N–H and O–H groups in total. The maximum Gasteiger partial charge on any atom is 0.326 e. The van der Waals surface area contributed by atoms with Crippen LogP contribution in [0.4, 0.5) is 0 Å². The molecule has 11 nitrogen and oxygen atoms in total. The van der Waals surface area contributed by atoms with Crippen LogP contribution in [0.25, 0.3) is 0 Å². The molecule has 2 rings (SSSR count). The molecular weight excluding hydrogens is 428 g/mol. The molecule has 0 aliphatic carbocycles. The monoisotopic (exact) mass is 458 g/mol. The van der Waals surface area contributed by atoms with Gasteiger partial charge in [-0.15, -0.1) is 0 Å². The van der Waals surface area contributed by atoms with E-state index in [0.29, 0.717) is 5.69 Å². The van der Waals surface area contributed by atoms with Gasteiger partial charge in [0, 0.05) is 24.7 Å². The summed E-state index contributed by atoms with van der Waals surface area (Å²) in [5.74, 6) is -3.22. The van der Waals surface area contributed by atoms with Gasteiger partial charge in [-0.2, -0.15) is 0 Å². The Bertz CT molecular complexity index is 932. The molecule has 0 aliphatic heterocycles. The van der Waals surface area contributed by atoms with Gasteiger partial charge in [0.2, 0.25) is 17.7 Å². The zero-order valence-electron chi connectivity index (χ0n) is 18.6. The quantitative estimate of drug-likeness (QED) is 0.244. The zero-order chi connectivity index (χ0) is 24.4. The van der Waals surface area contributed by atoms with E-state index in [4.69, 9.17) is 5.73 Å². The summed E-state index contributed by atoms with van der Waals surface area (Å²) in [6, 6.07) is 5.78. The number of carbonyl (C=O) groups is 4. The molecule has 0 saturated carbocycles. The molecule has 1 aromatic carbocycles. The SMILES string of the molecule is CC(C)C(NC(=O)CN)C(=O)NC(Cc1ccccc1)C(=O)NC(Cc1cnc[nH]1)C(=O)O. The van der Waals surface area contributed by atoms with E-state index in [-0.39, 0.29) is 25.3 Å². The lowest BCUT2D eigenvalue weighted by molar-refractivity contribution is -0.142. The average Bonchev–Trinajstić information content (AvgIpc) is 3.29. The number of imidazole rings is 1. The van der Waals surface area contributed by atoms with E-state index in [1.165, 1.54) is 12.5 Å². The van der Waals surface area contributed by atoms with Gasteiger partial charge in [0.15, 0.2) is 0 Å². The maximum absolute atomic E-state index is 13.1.